The Hall–Kier alpha value is -3.39. The lowest BCUT2D eigenvalue weighted by atomic mass is 9.93. The van der Waals surface area contributed by atoms with E-state index in [-0.39, 0.29) is 18.1 Å². The molecule has 35 heavy (non-hydrogen) atoms. The van der Waals surface area contributed by atoms with Crippen LogP contribution in [0.4, 0.5) is 0 Å². The summed E-state index contributed by atoms with van der Waals surface area (Å²) >= 11 is 0. The van der Waals surface area contributed by atoms with Gasteiger partial charge in [-0.2, -0.15) is 0 Å². The standard InChI is InChI=1S/C28H28N4O3/c1-28(26(34-3)19(29-2)12-13-35-28)32-20-11-7-5-9-16(20)21-17-14-30-27(33)23(17)22-15-8-4-6-10-18(15)31-24(22)25(21)32/h4-11,19,26,29,31H,12-14H2,1-3H3,(H,30,33)/t19-,26-,28-/m0/s1. The van der Waals surface area contributed by atoms with Gasteiger partial charge in [0.2, 0.25) is 0 Å². The summed E-state index contributed by atoms with van der Waals surface area (Å²) in [6.45, 7) is 3.26. The van der Waals surface area contributed by atoms with E-state index in [0.717, 1.165) is 61.2 Å². The highest BCUT2D eigenvalue weighted by Gasteiger charge is 2.47. The van der Waals surface area contributed by atoms with E-state index >= 15 is 0 Å². The molecule has 7 heteroatoms. The van der Waals surface area contributed by atoms with Crippen molar-refractivity contribution < 1.29 is 14.3 Å². The van der Waals surface area contributed by atoms with Crippen LogP contribution in [0.15, 0.2) is 48.5 Å². The lowest BCUT2D eigenvalue weighted by Gasteiger charge is -2.46. The molecule has 2 aromatic heterocycles. The fourth-order valence-corrected chi connectivity index (χ4v) is 6.65. The molecule has 1 amide bonds. The number of hydrogen-bond donors (Lipinski definition) is 3. The molecule has 4 heterocycles. The SMILES string of the molecule is CN[C@H]1CCO[C@](C)(n2c3ccccc3c3c4c(c5c6ccccc6[nH]c5c32)C(=O)NC4)[C@H]1OC. The normalized spacial score (nSPS) is 24.6. The Kier molecular flexibility index (Phi) is 4.37. The molecule has 2 aliphatic rings. The second-order valence-electron chi connectivity index (χ2n) is 9.78. The maximum Gasteiger partial charge on any atom is 0.252 e. The summed E-state index contributed by atoms with van der Waals surface area (Å²) in [5.41, 5.74) is 5.15. The summed E-state index contributed by atoms with van der Waals surface area (Å²) in [5, 5.41) is 10.8. The van der Waals surface area contributed by atoms with E-state index in [1.54, 1.807) is 7.11 Å². The van der Waals surface area contributed by atoms with Crippen molar-refractivity contribution in [1.29, 1.82) is 0 Å². The van der Waals surface area contributed by atoms with Crippen molar-refractivity contribution in [2.45, 2.75) is 37.8 Å². The summed E-state index contributed by atoms with van der Waals surface area (Å²) in [7, 11) is 3.74. The van der Waals surface area contributed by atoms with Gasteiger partial charge in [0.15, 0.2) is 5.72 Å². The lowest BCUT2D eigenvalue weighted by Crippen LogP contribution is -2.59. The summed E-state index contributed by atoms with van der Waals surface area (Å²) in [6.07, 6.45) is 0.657. The van der Waals surface area contributed by atoms with Crippen LogP contribution in [0.3, 0.4) is 0 Å². The number of ether oxygens (including phenoxy) is 2. The predicted molar refractivity (Wildman–Crippen MR) is 138 cm³/mol. The summed E-state index contributed by atoms with van der Waals surface area (Å²) in [4.78, 5) is 16.8. The highest BCUT2D eigenvalue weighted by Crippen LogP contribution is 2.47. The smallest absolute Gasteiger partial charge is 0.252 e. The number of aromatic nitrogens is 2. The van der Waals surface area contributed by atoms with E-state index in [2.05, 4.69) is 63.5 Å². The Morgan fingerprint density at radius 1 is 1.11 bits per heavy atom. The van der Waals surface area contributed by atoms with Gasteiger partial charge in [-0.05, 0) is 38.1 Å². The Labute approximate surface area is 202 Å². The Morgan fingerprint density at radius 2 is 1.89 bits per heavy atom. The number of para-hydroxylation sites is 2. The molecule has 0 bridgehead atoms. The lowest BCUT2D eigenvalue weighted by molar-refractivity contribution is -0.209. The van der Waals surface area contributed by atoms with Crippen LogP contribution in [0.2, 0.25) is 0 Å². The van der Waals surface area contributed by atoms with Crippen LogP contribution in [-0.4, -0.2) is 48.4 Å². The molecule has 1 saturated heterocycles. The zero-order valence-corrected chi connectivity index (χ0v) is 20.1. The maximum atomic E-state index is 13.2. The number of hydrogen-bond acceptors (Lipinski definition) is 4. The summed E-state index contributed by atoms with van der Waals surface area (Å²) in [6, 6.07) is 16.8. The first-order chi connectivity index (χ1) is 17.1. The van der Waals surface area contributed by atoms with E-state index in [0.29, 0.717) is 13.2 Å². The quantitative estimate of drug-likeness (QED) is 0.367. The van der Waals surface area contributed by atoms with Crippen LogP contribution in [0.1, 0.15) is 29.3 Å². The van der Waals surface area contributed by atoms with Crippen LogP contribution >= 0.6 is 0 Å². The third-order valence-electron chi connectivity index (χ3n) is 8.11. The number of carbonyl (C=O) groups excluding carboxylic acids is 1. The van der Waals surface area contributed by atoms with Crippen molar-refractivity contribution in [2.24, 2.45) is 0 Å². The van der Waals surface area contributed by atoms with Crippen LogP contribution in [0, 0.1) is 0 Å². The zero-order valence-electron chi connectivity index (χ0n) is 20.1. The zero-order chi connectivity index (χ0) is 23.9. The molecular weight excluding hydrogens is 440 g/mol. The maximum absolute atomic E-state index is 13.2. The highest BCUT2D eigenvalue weighted by molar-refractivity contribution is 6.30. The van der Waals surface area contributed by atoms with Crippen molar-refractivity contribution in [1.82, 2.24) is 20.2 Å². The number of nitrogens with zero attached hydrogens (tertiary/aromatic N) is 1. The number of likely N-dealkylation sites (N-methyl/N-ethyl adjacent to an activating group) is 1. The minimum atomic E-state index is -0.767. The number of amides is 1. The number of fused-ring (bicyclic) bond motifs is 10. The van der Waals surface area contributed by atoms with Gasteiger partial charge in [-0.25, -0.2) is 0 Å². The fourth-order valence-electron chi connectivity index (χ4n) is 6.65. The molecular formula is C28H28N4O3. The number of methoxy groups -OCH3 is 1. The number of carbonyl (C=O) groups is 1. The molecule has 3 aromatic carbocycles. The van der Waals surface area contributed by atoms with Gasteiger partial charge in [0.05, 0.1) is 28.7 Å². The van der Waals surface area contributed by atoms with E-state index in [4.69, 9.17) is 9.47 Å². The van der Waals surface area contributed by atoms with E-state index in [1.165, 1.54) is 0 Å². The number of aromatic amines is 1. The first-order valence-corrected chi connectivity index (χ1v) is 12.2. The second-order valence-corrected chi connectivity index (χ2v) is 9.78. The monoisotopic (exact) mass is 468 g/mol. The topological polar surface area (TPSA) is 80.3 Å². The van der Waals surface area contributed by atoms with Crippen molar-refractivity contribution in [3.63, 3.8) is 0 Å². The van der Waals surface area contributed by atoms with Gasteiger partial charge in [-0.15, -0.1) is 0 Å². The molecule has 7 rings (SSSR count). The van der Waals surface area contributed by atoms with E-state index in [9.17, 15) is 4.79 Å². The molecule has 0 aliphatic carbocycles. The van der Waals surface area contributed by atoms with Gasteiger partial charge in [0.1, 0.15) is 6.10 Å². The Balaban J connectivity index is 1.73. The molecule has 0 saturated carbocycles. The third kappa shape index (κ3) is 2.58. The number of H-pyrrole nitrogens is 1. The molecule has 0 unspecified atom stereocenters. The summed E-state index contributed by atoms with van der Waals surface area (Å²) < 4.78 is 15.1. The van der Waals surface area contributed by atoms with Crippen LogP contribution in [0.5, 0.6) is 0 Å². The highest BCUT2D eigenvalue weighted by atomic mass is 16.6. The van der Waals surface area contributed by atoms with E-state index < -0.39 is 5.72 Å². The van der Waals surface area contributed by atoms with Gasteiger partial charge in [-0.1, -0.05) is 36.4 Å². The van der Waals surface area contributed by atoms with Crippen LogP contribution < -0.4 is 10.6 Å². The van der Waals surface area contributed by atoms with Crippen molar-refractivity contribution in [2.75, 3.05) is 20.8 Å². The van der Waals surface area contributed by atoms with Crippen molar-refractivity contribution in [3.05, 3.63) is 59.7 Å². The molecule has 0 radical (unpaired) electrons. The number of benzene rings is 3. The minimum absolute atomic E-state index is 0.0152. The molecule has 5 aromatic rings. The minimum Gasteiger partial charge on any atom is -0.375 e. The van der Waals surface area contributed by atoms with Crippen LogP contribution in [-0.2, 0) is 21.7 Å². The molecule has 0 spiro atoms. The average molecular weight is 469 g/mol. The molecule has 1 fully saturated rings. The third-order valence-corrected chi connectivity index (χ3v) is 8.11. The van der Waals surface area contributed by atoms with Gasteiger partial charge < -0.3 is 29.7 Å². The van der Waals surface area contributed by atoms with Gasteiger partial charge in [-0.3, -0.25) is 4.79 Å². The molecule has 7 nitrogen and oxygen atoms in total. The average Bonchev–Trinajstić information content (AvgIpc) is 3.55. The Morgan fingerprint density at radius 3 is 2.69 bits per heavy atom. The predicted octanol–water partition coefficient (Wildman–Crippen LogP) is 4.37. The van der Waals surface area contributed by atoms with Gasteiger partial charge >= 0.3 is 0 Å². The fraction of sp³-hybridized carbons (Fsp3) is 0.321. The first kappa shape index (κ1) is 20.9. The number of rotatable bonds is 3. The molecule has 3 N–H and O–H groups in total. The first-order valence-electron chi connectivity index (χ1n) is 12.2. The molecule has 178 valence electrons. The molecule has 3 atom stereocenters. The summed E-state index contributed by atoms with van der Waals surface area (Å²) in [5.74, 6) is -0.0152. The van der Waals surface area contributed by atoms with Gasteiger partial charge in [0, 0.05) is 46.8 Å². The number of nitrogens with one attached hydrogen (secondary N) is 3. The molecule has 2 aliphatic heterocycles. The second kappa shape index (κ2) is 7.31. The largest absolute Gasteiger partial charge is 0.375 e. The van der Waals surface area contributed by atoms with Gasteiger partial charge in [0.25, 0.3) is 5.91 Å². The van der Waals surface area contributed by atoms with E-state index in [1.807, 2.05) is 19.2 Å². The van der Waals surface area contributed by atoms with Crippen LogP contribution in [0.25, 0.3) is 43.6 Å². The van der Waals surface area contributed by atoms with Crippen molar-refractivity contribution in [3.8, 4) is 0 Å². The van der Waals surface area contributed by atoms with Crippen molar-refractivity contribution >= 4 is 49.5 Å². The Bertz CT molecular complexity index is 1670.